The fourth-order valence-corrected chi connectivity index (χ4v) is 3.31. The molecule has 2 rings (SSSR count). The number of amides is 1. The van der Waals surface area contributed by atoms with Crippen LogP contribution >= 0.6 is 0 Å². The number of para-hydroxylation sites is 1. The monoisotopic (exact) mass is 372 g/mol. The summed E-state index contributed by atoms with van der Waals surface area (Å²) in [4.78, 5) is 23.8. The summed E-state index contributed by atoms with van der Waals surface area (Å²) in [7, 11) is 0. The van der Waals surface area contributed by atoms with Crippen molar-refractivity contribution < 1.29 is 14.7 Å². The van der Waals surface area contributed by atoms with Crippen LogP contribution in [-0.2, 0) is 22.6 Å². The molecule has 1 amide bonds. The predicted molar refractivity (Wildman–Crippen MR) is 109 cm³/mol. The number of benzene rings is 1. The second-order valence-corrected chi connectivity index (χ2v) is 7.67. The molecular formula is C22H32N2O3. The van der Waals surface area contributed by atoms with Crippen molar-refractivity contribution in [3.63, 3.8) is 0 Å². The molecule has 2 N–H and O–H groups in total. The molecule has 1 atom stereocenters. The zero-order valence-electron chi connectivity index (χ0n) is 16.7. The third-order valence-electron chi connectivity index (χ3n) is 4.88. The van der Waals surface area contributed by atoms with Crippen LogP contribution in [0, 0.1) is 5.92 Å². The van der Waals surface area contributed by atoms with E-state index in [2.05, 4.69) is 42.9 Å². The lowest BCUT2D eigenvalue weighted by Crippen LogP contribution is -2.42. The number of hydrogen-bond donors (Lipinski definition) is 2. The number of nitrogens with zero attached hydrogens (tertiary/aromatic N) is 1. The molecule has 0 saturated heterocycles. The molecule has 0 aliphatic carbocycles. The number of carboxylic acids is 1. The Morgan fingerprint density at radius 3 is 2.59 bits per heavy atom. The molecule has 0 saturated carbocycles. The van der Waals surface area contributed by atoms with E-state index in [4.69, 9.17) is 0 Å². The fourth-order valence-electron chi connectivity index (χ4n) is 3.31. The van der Waals surface area contributed by atoms with Crippen molar-refractivity contribution >= 4 is 22.8 Å². The Labute approximate surface area is 161 Å². The van der Waals surface area contributed by atoms with E-state index in [9.17, 15) is 14.7 Å². The highest BCUT2D eigenvalue weighted by Gasteiger charge is 2.22. The second-order valence-electron chi connectivity index (χ2n) is 7.67. The quantitative estimate of drug-likeness (QED) is 0.575. The van der Waals surface area contributed by atoms with E-state index in [0.717, 1.165) is 42.3 Å². The molecule has 5 heteroatoms. The third-order valence-corrected chi connectivity index (χ3v) is 4.88. The number of carboxylic acid groups (broad SMARTS) is 1. The van der Waals surface area contributed by atoms with Crippen LogP contribution in [0.4, 0.5) is 0 Å². The van der Waals surface area contributed by atoms with Gasteiger partial charge in [-0.1, -0.05) is 51.8 Å². The van der Waals surface area contributed by atoms with Gasteiger partial charge in [0.15, 0.2) is 0 Å². The van der Waals surface area contributed by atoms with Crippen LogP contribution in [0.15, 0.2) is 30.5 Å². The topological polar surface area (TPSA) is 71.3 Å². The van der Waals surface area contributed by atoms with Crippen LogP contribution in [0.1, 0.15) is 58.4 Å². The maximum atomic E-state index is 12.1. The SMILES string of the molecule is CCCCCn1cc(CC(NC(=O)CCC(C)C)C(=O)O)c2ccccc21. The first kappa shape index (κ1) is 21.0. The highest BCUT2D eigenvalue weighted by Crippen LogP contribution is 2.23. The molecule has 0 spiro atoms. The van der Waals surface area contributed by atoms with Gasteiger partial charge in [-0.2, -0.15) is 0 Å². The number of rotatable bonds is 11. The molecule has 0 aliphatic rings. The van der Waals surface area contributed by atoms with Gasteiger partial charge in [-0.3, -0.25) is 4.79 Å². The Morgan fingerprint density at radius 1 is 1.19 bits per heavy atom. The predicted octanol–water partition coefficient (Wildman–Crippen LogP) is 4.38. The number of unbranched alkanes of at least 4 members (excludes halogenated alkanes) is 2. The Kier molecular flexibility index (Phi) is 7.89. The zero-order chi connectivity index (χ0) is 19.8. The van der Waals surface area contributed by atoms with Crippen molar-refractivity contribution in [3.8, 4) is 0 Å². The number of carbonyl (C=O) groups excluding carboxylic acids is 1. The van der Waals surface area contributed by atoms with E-state index in [1.807, 2.05) is 18.2 Å². The van der Waals surface area contributed by atoms with Crippen LogP contribution < -0.4 is 5.32 Å². The van der Waals surface area contributed by atoms with E-state index >= 15 is 0 Å². The summed E-state index contributed by atoms with van der Waals surface area (Å²) in [5, 5.41) is 13.4. The van der Waals surface area contributed by atoms with Crippen LogP contribution in [0.3, 0.4) is 0 Å². The van der Waals surface area contributed by atoms with Gasteiger partial charge in [-0.15, -0.1) is 0 Å². The minimum atomic E-state index is -0.990. The van der Waals surface area contributed by atoms with Crippen LogP contribution in [0.2, 0.25) is 0 Å². The summed E-state index contributed by atoms with van der Waals surface area (Å²) in [6.07, 6.45) is 6.90. The van der Waals surface area contributed by atoms with Crippen molar-refractivity contribution in [1.29, 1.82) is 0 Å². The van der Waals surface area contributed by atoms with Crippen molar-refractivity contribution in [2.24, 2.45) is 5.92 Å². The highest BCUT2D eigenvalue weighted by atomic mass is 16.4. The van der Waals surface area contributed by atoms with Crippen LogP contribution in [0.5, 0.6) is 0 Å². The van der Waals surface area contributed by atoms with Crippen molar-refractivity contribution in [2.45, 2.75) is 71.9 Å². The minimum absolute atomic E-state index is 0.192. The van der Waals surface area contributed by atoms with Gasteiger partial charge in [-0.25, -0.2) is 4.79 Å². The molecule has 148 valence electrons. The summed E-state index contributed by atoms with van der Waals surface area (Å²) in [5.41, 5.74) is 2.09. The van der Waals surface area contributed by atoms with Gasteiger partial charge < -0.3 is 15.0 Å². The number of carbonyl (C=O) groups is 2. The lowest BCUT2D eigenvalue weighted by molar-refractivity contribution is -0.141. The van der Waals surface area contributed by atoms with Crippen molar-refractivity contribution in [2.75, 3.05) is 0 Å². The van der Waals surface area contributed by atoms with E-state index in [1.165, 1.54) is 6.42 Å². The third kappa shape index (κ3) is 6.12. The van der Waals surface area contributed by atoms with Crippen molar-refractivity contribution in [1.82, 2.24) is 9.88 Å². The Bertz CT molecular complexity index is 764. The molecule has 5 nitrogen and oxygen atoms in total. The molecular weight excluding hydrogens is 340 g/mol. The molecule has 0 radical (unpaired) electrons. The van der Waals surface area contributed by atoms with Gasteiger partial charge in [0.2, 0.25) is 5.91 Å². The fraction of sp³-hybridized carbons (Fsp3) is 0.545. The number of aliphatic carboxylic acids is 1. The average molecular weight is 373 g/mol. The maximum Gasteiger partial charge on any atom is 0.326 e. The minimum Gasteiger partial charge on any atom is -0.480 e. The van der Waals surface area contributed by atoms with E-state index < -0.39 is 12.0 Å². The number of hydrogen-bond acceptors (Lipinski definition) is 2. The van der Waals surface area contributed by atoms with E-state index in [1.54, 1.807) is 0 Å². The first-order valence-corrected chi connectivity index (χ1v) is 10.0. The van der Waals surface area contributed by atoms with Crippen LogP contribution in [0.25, 0.3) is 10.9 Å². The van der Waals surface area contributed by atoms with Gasteiger partial charge in [-0.05, 0) is 30.4 Å². The summed E-state index contributed by atoms with van der Waals surface area (Å²) >= 11 is 0. The number of aryl methyl sites for hydroxylation is 1. The smallest absolute Gasteiger partial charge is 0.326 e. The first-order valence-electron chi connectivity index (χ1n) is 10.0. The highest BCUT2D eigenvalue weighted by molar-refractivity contribution is 5.87. The van der Waals surface area contributed by atoms with E-state index in [-0.39, 0.29) is 5.91 Å². The zero-order valence-corrected chi connectivity index (χ0v) is 16.7. The molecule has 2 aromatic rings. The largest absolute Gasteiger partial charge is 0.480 e. The summed E-state index contributed by atoms with van der Waals surface area (Å²) in [5.74, 6) is -0.765. The molecule has 1 unspecified atom stereocenters. The Hall–Kier alpha value is -2.30. The van der Waals surface area contributed by atoms with E-state index in [0.29, 0.717) is 18.8 Å². The lowest BCUT2D eigenvalue weighted by Gasteiger charge is -2.15. The lowest BCUT2D eigenvalue weighted by atomic mass is 10.0. The maximum absolute atomic E-state index is 12.1. The van der Waals surface area contributed by atoms with Gasteiger partial charge in [0.25, 0.3) is 0 Å². The number of nitrogens with one attached hydrogen (secondary N) is 1. The molecule has 1 heterocycles. The van der Waals surface area contributed by atoms with Gasteiger partial charge in [0, 0.05) is 36.5 Å². The Balaban J connectivity index is 2.16. The van der Waals surface area contributed by atoms with Gasteiger partial charge in [0.1, 0.15) is 6.04 Å². The Morgan fingerprint density at radius 2 is 1.93 bits per heavy atom. The number of aromatic nitrogens is 1. The summed E-state index contributed by atoms with van der Waals surface area (Å²) in [6.45, 7) is 7.20. The average Bonchev–Trinajstić information content (AvgIpc) is 2.97. The summed E-state index contributed by atoms with van der Waals surface area (Å²) < 4.78 is 2.21. The van der Waals surface area contributed by atoms with Gasteiger partial charge in [0.05, 0.1) is 0 Å². The molecule has 1 aromatic carbocycles. The molecule has 1 aromatic heterocycles. The summed E-state index contributed by atoms with van der Waals surface area (Å²) in [6, 6.07) is 7.17. The molecule has 0 fully saturated rings. The number of fused-ring (bicyclic) bond motifs is 1. The normalized spacial score (nSPS) is 12.4. The molecule has 27 heavy (non-hydrogen) atoms. The standard InChI is InChI=1S/C22H32N2O3/c1-4-5-8-13-24-15-17(18-9-6-7-10-20(18)24)14-19(22(26)27)23-21(25)12-11-16(2)3/h6-7,9-10,15-16,19H,4-5,8,11-14H2,1-3H3,(H,23,25)(H,26,27). The van der Waals surface area contributed by atoms with Crippen molar-refractivity contribution in [3.05, 3.63) is 36.0 Å². The second kappa shape index (κ2) is 10.1. The van der Waals surface area contributed by atoms with Gasteiger partial charge >= 0.3 is 5.97 Å². The first-order chi connectivity index (χ1) is 12.9. The molecule has 0 bridgehead atoms. The molecule has 0 aliphatic heterocycles. The van der Waals surface area contributed by atoms with Crippen LogP contribution in [-0.4, -0.2) is 27.6 Å².